The summed E-state index contributed by atoms with van der Waals surface area (Å²) in [5.41, 5.74) is 3.04. The minimum Gasteiger partial charge on any atom is -0.348 e. The van der Waals surface area contributed by atoms with E-state index in [9.17, 15) is 9.18 Å². The number of carbonyl (C=O) groups excluding carboxylic acids is 1. The monoisotopic (exact) mass is 335 g/mol. The quantitative estimate of drug-likeness (QED) is 0.842. The van der Waals surface area contributed by atoms with Crippen molar-refractivity contribution in [2.24, 2.45) is 0 Å². The maximum atomic E-state index is 13.4. The lowest BCUT2D eigenvalue weighted by atomic mass is 10.1. The number of nitrogens with one attached hydrogen (secondary N) is 1. The van der Waals surface area contributed by atoms with E-state index in [4.69, 9.17) is 0 Å². The number of carbonyl (C=O) groups is 1. The SMILES string of the molecule is Cc1ccc(C(=O)NCc2cccc(CBr)c2)cc1F. The fourth-order valence-electron chi connectivity index (χ4n) is 1.84. The van der Waals surface area contributed by atoms with Crippen LogP contribution in [0.2, 0.25) is 0 Å². The smallest absolute Gasteiger partial charge is 0.251 e. The van der Waals surface area contributed by atoms with Crippen LogP contribution < -0.4 is 5.32 Å². The molecule has 1 N–H and O–H groups in total. The van der Waals surface area contributed by atoms with Crippen molar-refractivity contribution in [2.45, 2.75) is 18.8 Å². The van der Waals surface area contributed by atoms with Crippen LogP contribution in [0.1, 0.15) is 27.0 Å². The van der Waals surface area contributed by atoms with Crippen LogP contribution in [-0.4, -0.2) is 5.91 Å². The second kappa shape index (κ2) is 6.66. The van der Waals surface area contributed by atoms with Gasteiger partial charge in [0.1, 0.15) is 5.82 Å². The van der Waals surface area contributed by atoms with Crippen LogP contribution in [0.25, 0.3) is 0 Å². The summed E-state index contributed by atoms with van der Waals surface area (Å²) in [5, 5.41) is 3.57. The third-order valence-corrected chi connectivity index (χ3v) is 3.68. The first-order chi connectivity index (χ1) is 9.60. The number of halogens is 2. The molecule has 1 amide bonds. The number of hydrogen-bond acceptors (Lipinski definition) is 1. The summed E-state index contributed by atoms with van der Waals surface area (Å²) < 4.78 is 13.4. The molecule has 0 bridgehead atoms. The molecule has 0 aliphatic heterocycles. The van der Waals surface area contributed by atoms with Crippen LogP contribution in [0.3, 0.4) is 0 Å². The lowest BCUT2D eigenvalue weighted by Crippen LogP contribution is -2.23. The van der Waals surface area contributed by atoms with E-state index in [1.165, 1.54) is 6.07 Å². The van der Waals surface area contributed by atoms with E-state index in [2.05, 4.69) is 21.2 Å². The maximum Gasteiger partial charge on any atom is 0.251 e. The normalized spacial score (nSPS) is 10.3. The summed E-state index contributed by atoms with van der Waals surface area (Å²) in [7, 11) is 0. The van der Waals surface area contributed by atoms with Gasteiger partial charge in [0.15, 0.2) is 0 Å². The zero-order valence-corrected chi connectivity index (χ0v) is 12.7. The Labute approximate surface area is 126 Å². The van der Waals surface area contributed by atoms with Gasteiger partial charge in [0.2, 0.25) is 0 Å². The molecule has 0 spiro atoms. The average molecular weight is 336 g/mol. The average Bonchev–Trinajstić information content (AvgIpc) is 2.47. The Morgan fingerprint density at radius 2 is 1.95 bits per heavy atom. The summed E-state index contributed by atoms with van der Waals surface area (Å²) in [4.78, 5) is 11.9. The van der Waals surface area contributed by atoms with Gasteiger partial charge in [-0.05, 0) is 35.7 Å². The van der Waals surface area contributed by atoms with Crippen molar-refractivity contribution in [2.75, 3.05) is 0 Å². The predicted molar refractivity (Wildman–Crippen MR) is 81.4 cm³/mol. The molecule has 0 fully saturated rings. The molecular weight excluding hydrogens is 321 g/mol. The van der Waals surface area contributed by atoms with Crippen molar-refractivity contribution < 1.29 is 9.18 Å². The lowest BCUT2D eigenvalue weighted by Gasteiger charge is -2.07. The fraction of sp³-hybridized carbons (Fsp3) is 0.188. The first kappa shape index (κ1) is 14.7. The third kappa shape index (κ3) is 3.67. The molecule has 2 nitrogen and oxygen atoms in total. The van der Waals surface area contributed by atoms with Crippen molar-refractivity contribution in [1.82, 2.24) is 5.32 Å². The Balaban J connectivity index is 2.02. The highest BCUT2D eigenvalue weighted by molar-refractivity contribution is 9.08. The predicted octanol–water partition coefficient (Wildman–Crippen LogP) is 3.96. The van der Waals surface area contributed by atoms with Crippen LogP contribution in [0.4, 0.5) is 4.39 Å². The summed E-state index contributed by atoms with van der Waals surface area (Å²) in [6, 6.07) is 12.4. The van der Waals surface area contributed by atoms with Gasteiger partial charge in [0, 0.05) is 17.4 Å². The highest BCUT2D eigenvalue weighted by atomic mass is 79.9. The summed E-state index contributed by atoms with van der Waals surface area (Å²) in [6.07, 6.45) is 0. The molecule has 0 saturated heterocycles. The number of amides is 1. The first-order valence-corrected chi connectivity index (χ1v) is 7.40. The van der Waals surface area contributed by atoms with Gasteiger partial charge in [0.25, 0.3) is 5.91 Å². The molecule has 0 radical (unpaired) electrons. The Bertz CT molecular complexity index is 628. The highest BCUT2D eigenvalue weighted by Crippen LogP contribution is 2.11. The van der Waals surface area contributed by atoms with Gasteiger partial charge in [-0.25, -0.2) is 4.39 Å². The zero-order valence-electron chi connectivity index (χ0n) is 11.1. The second-order valence-electron chi connectivity index (χ2n) is 4.60. The van der Waals surface area contributed by atoms with Crippen LogP contribution in [0.15, 0.2) is 42.5 Å². The minimum atomic E-state index is -0.362. The van der Waals surface area contributed by atoms with E-state index in [0.29, 0.717) is 17.7 Å². The first-order valence-electron chi connectivity index (χ1n) is 6.28. The Hall–Kier alpha value is -1.68. The van der Waals surface area contributed by atoms with Crippen LogP contribution in [0.5, 0.6) is 0 Å². The topological polar surface area (TPSA) is 29.1 Å². The molecule has 20 heavy (non-hydrogen) atoms. The van der Waals surface area contributed by atoms with Crippen molar-refractivity contribution >= 4 is 21.8 Å². The van der Waals surface area contributed by atoms with Crippen molar-refractivity contribution in [3.8, 4) is 0 Å². The standard InChI is InChI=1S/C16H15BrFNO/c1-11-5-6-14(8-15(11)18)16(20)19-10-13-4-2-3-12(7-13)9-17/h2-8H,9-10H2,1H3,(H,19,20). The molecule has 0 aromatic heterocycles. The lowest BCUT2D eigenvalue weighted by molar-refractivity contribution is 0.0950. The van der Waals surface area contributed by atoms with E-state index in [1.54, 1.807) is 19.1 Å². The van der Waals surface area contributed by atoms with Gasteiger partial charge >= 0.3 is 0 Å². The van der Waals surface area contributed by atoms with Crippen LogP contribution in [0, 0.1) is 12.7 Å². The van der Waals surface area contributed by atoms with Crippen molar-refractivity contribution in [3.63, 3.8) is 0 Å². The number of hydrogen-bond donors (Lipinski definition) is 1. The Kier molecular flexibility index (Phi) is 4.90. The Morgan fingerprint density at radius 1 is 1.20 bits per heavy atom. The molecule has 0 unspecified atom stereocenters. The maximum absolute atomic E-state index is 13.4. The molecule has 104 valence electrons. The van der Waals surface area contributed by atoms with Gasteiger partial charge in [0.05, 0.1) is 0 Å². The molecule has 0 saturated carbocycles. The van der Waals surface area contributed by atoms with Crippen molar-refractivity contribution in [3.05, 3.63) is 70.5 Å². The second-order valence-corrected chi connectivity index (χ2v) is 5.16. The van der Waals surface area contributed by atoms with Gasteiger partial charge in [-0.15, -0.1) is 0 Å². The van der Waals surface area contributed by atoms with E-state index in [-0.39, 0.29) is 11.7 Å². The van der Waals surface area contributed by atoms with Crippen LogP contribution in [-0.2, 0) is 11.9 Å². The largest absolute Gasteiger partial charge is 0.348 e. The summed E-state index contributed by atoms with van der Waals surface area (Å²) >= 11 is 3.39. The fourth-order valence-corrected chi connectivity index (χ4v) is 2.19. The van der Waals surface area contributed by atoms with E-state index in [1.807, 2.05) is 24.3 Å². The van der Waals surface area contributed by atoms with Gasteiger partial charge in [-0.3, -0.25) is 4.79 Å². The van der Waals surface area contributed by atoms with E-state index in [0.717, 1.165) is 16.5 Å². The minimum absolute atomic E-state index is 0.270. The van der Waals surface area contributed by atoms with Gasteiger partial charge < -0.3 is 5.32 Å². The molecule has 2 aromatic carbocycles. The number of benzene rings is 2. The molecule has 0 aliphatic rings. The molecule has 0 atom stereocenters. The number of alkyl halides is 1. The summed E-state index contributed by atoms with van der Waals surface area (Å²) in [5.74, 6) is -0.632. The number of rotatable bonds is 4. The van der Waals surface area contributed by atoms with Crippen molar-refractivity contribution in [1.29, 1.82) is 0 Å². The van der Waals surface area contributed by atoms with E-state index >= 15 is 0 Å². The zero-order chi connectivity index (χ0) is 14.5. The molecule has 4 heteroatoms. The number of aryl methyl sites for hydroxylation is 1. The Morgan fingerprint density at radius 3 is 2.65 bits per heavy atom. The molecule has 0 aliphatic carbocycles. The summed E-state index contributed by atoms with van der Waals surface area (Å²) in [6.45, 7) is 2.10. The van der Waals surface area contributed by atoms with Gasteiger partial charge in [-0.2, -0.15) is 0 Å². The van der Waals surface area contributed by atoms with E-state index < -0.39 is 0 Å². The van der Waals surface area contributed by atoms with Crippen LogP contribution >= 0.6 is 15.9 Å². The van der Waals surface area contributed by atoms with Gasteiger partial charge in [-0.1, -0.05) is 46.3 Å². The molecule has 2 rings (SSSR count). The molecule has 2 aromatic rings. The third-order valence-electron chi connectivity index (χ3n) is 3.03. The molecule has 0 heterocycles. The molecular formula is C16H15BrFNO. The highest BCUT2D eigenvalue weighted by Gasteiger charge is 2.07.